The number of imidazole rings is 1. The molecule has 162 valence electrons. The molecule has 1 aliphatic heterocycles. The molecule has 1 amide bonds. The van der Waals surface area contributed by atoms with E-state index in [0.29, 0.717) is 30.2 Å². The monoisotopic (exact) mass is 421 g/mol. The Morgan fingerprint density at radius 1 is 1.13 bits per heavy atom. The number of hydrogen-bond donors (Lipinski definition) is 0. The van der Waals surface area contributed by atoms with Gasteiger partial charge in [-0.2, -0.15) is 0 Å². The lowest BCUT2D eigenvalue weighted by Crippen LogP contribution is -2.31. The van der Waals surface area contributed by atoms with Gasteiger partial charge in [-0.05, 0) is 69.5 Å². The van der Waals surface area contributed by atoms with Crippen LogP contribution in [0, 0.1) is 5.82 Å². The minimum absolute atomic E-state index is 0.125. The molecule has 1 aliphatic rings. The van der Waals surface area contributed by atoms with Crippen LogP contribution in [-0.2, 0) is 13.0 Å². The van der Waals surface area contributed by atoms with Crippen LogP contribution in [0.4, 0.5) is 10.1 Å². The Morgan fingerprint density at radius 3 is 2.65 bits per heavy atom. The third kappa shape index (κ3) is 4.33. The zero-order valence-electron chi connectivity index (χ0n) is 18.1. The lowest BCUT2D eigenvalue weighted by molar-refractivity contribution is 0.0983. The van der Waals surface area contributed by atoms with Crippen molar-refractivity contribution in [2.45, 2.75) is 46.1 Å². The molecule has 0 saturated carbocycles. The van der Waals surface area contributed by atoms with E-state index in [9.17, 15) is 9.18 Å². The number of nitrogens with zero attached hydrogens (tertiary/aromatic N) is 3. The van der Waals surface area contributed by atoms with E-state index >= 15 is 0 Å². The lowest BCUT2D eigenvalue weighted by Gasteiger charge is -2.21. The molecule has 0 fully saturated rings. The van der Waals surface area contributed by atoms with Crippen LogP contribution in [0.25, 0.3) is 11.4 Å². The number of halogens is 1. The number of carbonyl (C=O) groups excluding carboxylic acids is 1. The summed E-state index contributed by atoms with van der Waals surface area (Å²) in [7, 11) is 0. The van der Waals surface area contributed by atoms with E-state index in [1.807, 2.05) is 44.2 Å². The second-order valence-electron chi connectivity index (χ2n) is 7.68. The standard InChI is InChI=1S/C25H28FN3O2/c1-3-28(20-12-14-21(15-13-20)31-4-2)25(30)23-22-11-6-5-7-16-29(22)24(27-23)18-9-8-10-19(26)17-18/h8-10,12-15,17H,3-7,11,16H2,1-2H3. The van der Waals surface area contributed by atoms with Crippen LogP contribution in [0.2, 0.25) is 0 Å². The predicted molar refractivity (Wildman–Crippen MR) is 120 cm³/mol. The van der Waals surface area contributed by atoms with Crippen molar-refractivity contribution in [3.8, 4) is 17.1 Å². The fraction of sp³-hybridized carbons (Fsp3) is 0.360. The summed E-state index contributed by atoms with van der Waals surface area (Å²) in [6.07, 6.45) is 3.94. The maximum absolute atomic E-state index is 13.9. The van der Waals surface area contributed by atoms with Crippen molar-refractivity contribution in [1.82, 2.24) is 9.55 Å². The molecular formula is C25H28FN3O2. The first-order valence-electron chi connectivity index (χ1n) is 11.0. The van der Waals surface area contributed by atoms with Crippen LogP contribution >= 0.6 is 0 Å². The smallest absolute Gasteiger partial charge is 0.278 e. The van der Waals surface area contributed by atoms with Crippen molar-refractivity contribution < 1.29 is 13.9 Å². The number of carbonyl (C=O) groups is 1. The van der Waals surface area contributed by atoms with Crippen molar-refractivity contribution in [1.29, 1.82) is 0 Å². The summed E-state index contributed by atoms with van der Waals surface area (Å²) in [6, 6.07) is 14.0. The van der Waals surface area contributed by atoms with Gasteiger partial charge in [0.25, 0.3) is 5.91 Å². The maximum atomic E-state index is 13.9. The van der Waals surface area contributed by atoms with E-state index in [2.05, 4.69) is 4.57 Å². The van der Waals surface area contributed by atoms with Crippen LogP contribution < -0.4 is 9.64 Å². The van der Waals surface area contributed by atoms with E-state index in [-0.39, 0.29) is 11.7 Å². The Kier molecular flexibility index (Phi) is 6.35. The minimum Gasteiger partial charge on any atom is -0.494 e. The third-order valence-electron chi connectivity index (χ3n) is 5.67. The van der Waals surface area contributed by atoms with Gasteiger partial charge >= 0.3 is 0 Å². The van der Waals surface area contributed by atoms with E-state index < -0.39 is 0 Å². The highest BCUT2D eigenvalue weighted by Crippen LogP contribution is 2.29. The molecule has 4 rings (SSSR count). The molecule has 2 aromatic carbocycles. The molecule has 0 radical (unpaired) electrons. The number of rotatable bonds is 6. The quantitative estimate of drug-likeness (QED) is 0.529. The SMILES string of the molecule is CCOc1ccc(N(CC)C(=O)c2nc(-c3cccc(F)c3)n3c2CCCCC3)cc1. The summed E-state index contributed by atoms with van der Waals surface area (Å²) in [5.74, 6) is 1.02. The summed E-state index contributed by atoms with van der Waals surface area (Å²) in [5.41, 5.74) is 2.92. The van der Waals surface area contributed by atoms with Gasteiger partial charge in [-0.3, -0.25) is 4.79 Å². The second-order valence-corrected chi connectivity index (χ2v) is 7.68. The van der Waals surface area contributed by atoms with Crippen molar-refractivity contribution in [3.63, 3.8) is 0 Å². The van der Waals surface area contributed by atoms with E-state index in [0.717, 1.165) is 49.4 Å². The van der Waals surface area contributed by atoms with E-state index in [4.69, 9.17) is 9.72 Å². The number of aromatic nitrogens is 2. The zero-order valence-corrected chi connectivity index (χ0v) is 18.1. The Bertz CT molecular complexity index is 1060. The van der Waals surface area contributed by atoms with E-state index in [1.54, 1.807) is 11.0 Å². The van der Waals surface area contributed by atoms with Crippen LogP contribution in [0.3, 0.4) is 0 Å². The van der Waals surface area contributed by atoms with Crippen LogP contribution in [-0.4, -0.2) is 28.6 Å². The average molecular weight is 422 g/mol. The van der Waals surface area contributed by atoms with E-state index in [1.165, 1.54) is 12.1 Å². The first-order chi connectivity index (χ1) is 15.1. The molecule has 0 saturated heterocycles. The number of amides is 1. The second kappa shape index (κ2) is 9.33. The van der Waals surface area contributed by atoms with Crippen LogP contribution in [0.15, 0.2) is 48.5 Å². The fourth-order valence-corrected chi connectivity index (χ4v) is 4.20. The van der Waals surface area contributed by atoms with Crippen molar-refractivity contribution in [2.24, 2.45) is 0 Å². The van der Waals surface area contributed by atoms with Crippen molar-refractivity contribution in [2.75, 3.05) is 18.1 Å². The van der Waals surface area contributed by atoms with Crippen LogP contribution in [0.5, 0.6) is 5.75 Å². The molecule has 31 heavy (non-hydrogen) atoms. The fourth-order valence-electron chi connectivity index (χ4n) is 4.20. The first kappa shape index (κ1) is 21.1. The molecule has 0 N–H and O–H groups in total. The predicted octanol–water partition coefficient (Wildman–Crippen LogP) is 5.48. The Morgan fingerprint density at radius 2 is 1.94 bits per heavy atom. The largest absolute Gasteiger partial charge is 0.494 e. The number of ether oxygens (including phenoxy) is 1. The Hall–Kier alpha value is -3.15. The molecule has 5 nitrogen and oxygen atoms in total. The highest BCUT2D eigenvalue weighted by atomic mass is 19.1. The van der Waals surface area contributed by atoms with Gasteiger partial charge < -0.3 is 14.2 Å². The zero-order chi connectivity index (χ0) is 21.8. The maximum Gasteiger partial charge on any atom is 0.278 e. The molecule has 6 heteroatoms. The third-order valence-corrected chi connectivity index (χ3v) is 5.67. The molecule has 0 aliphatic carbocycles. The highest BCUT2D eigenvalue weighted by Gasteiger charge is 2.27. The van der Waals surface area contributed by atoms with Gasteiger partial charge in [-0.25, -0.2) is 9.37 Å². The van der Waals surface area contributed by atoms with Gasteiger partial charge in [0.1, 0.15) is 17.4 Å². The van der Waals surface area contributed by atoms with Crippen molar-refractivity contribution >= 4 is 11.6 Å². The molecule has 2 heterocycles. The molecule has 3 aromatic rings. The number of benzene rings is 2. The van der Waals surface area contributed by atoms with Gasteiger partial charge in [0, 0.05) is 24.3 Å². The number of anilines is 1. The lowest BCUT2D eigenvalue weighted by atomic mass is 10.1. The highest BCUT2D eigenvalue weighted by molar-refractivity contribution is 6.06. The molecule has 0 atom stereocenters. The first-order valence-corrected chi connectivity index (χ1v) is 11.0. The number of fused-ring (bicyclic) bond motifs is 1. The van der Waals surface area contributed by atoms with Gasteiger partial charge in [-0.1, -0.05) is 18.6 Å². The molecule has 0 spiro atoms. The average Bonchev–Trinajstić information content (AvgIpc) is 2.96. The summed E-state index contributed by atoms with van der Waals surface area (Å²) in [5, 5.41) is 0. The molecule has 1 aromatic heterocycles. The topological polar surface area (TPSA) is 47.4 Å². The molecular weight excluding hydrogens is 393 g/mol. The van der Waals surface area contributed by atoms with Gasteiger partial charge in [0.15, 0.2) is 5.69 Å². The summed E-state index contributed by atoms with van der Waals surface area (Å²) < 4.78 is 21.5. The van der Waals surface area contributed by atoms with Crippen molar-refractivity contribution in [3.05, 3.63) is 65.7 Å². The van der Waals surface area contributed by atoms with Crippen LogP contribution in [0.1, 0.15) is 49.3 Å². The van der Waals surface area contributed by atoms with Gasteiger partial charge in [0.05, 0.1) is 12.3 Å². The molecule has 0 bridgehead atoms. The van der Waals surface area contributed by atoms with Gasteiger partial charge in [0.2, 0.25) is 0 Å². The Balaban J connectivity index is 1.74. The number of hydrogen-bond acceptors (Lipinski definition) is 3. The minimum atomic E-state index is -0.305. The summed E-state index contributed by atoms with van der Waals surface area (Å²) >= 11 is 0. The Labute approximate surface area is 182 Å². The summed E-state index contributed by atoms with van der Waals surface area (Å²) in [4.78, 5) is 20.1. The van der Waals surface area contributed by atoms with Gasteiger partial charge in [-0.15, -0.1) is 0 Å². The normalized spacial score (nSPS) is 13.4. The summed E-state index contributed by atoms with van der Waals surface area (Å²) in [6.45, 7) is 5.80. The molecule has 0 unspecified atom stereocenters.